The molecule has 0 radical (unpaired) electrons. The average Bonchev–Trinajstić information content (AvgIpc) is 2.97. The van der Waals surface area contributed by atoms with Crippen molar-refractivity contribution in [1.29, 1.82) is 0 Å². The summed E-state index contributed by atoms with van der Waals surface area (Å²) in [6.07, 6.45) is -8.70. The minimum atomic E-state index is -4.40. The maximum absolute atomic E-state index is 12.3. The van der Waals surface area contributed by atoms with Crippen LogP contribution in [0.3, 0.4) is 0 Å². The first-order chi connectivity index (χ1) is 20.5. The molecule has 240 valence electrons. The fourth-order valence-electron chi connectivity index (χ4n) is 3.21. The van der Waals surface area contributed by atoms with E-state index in [1.807, 2.05) is 50.5 Å². The van der Waals surface area contributed by atoms with Gasteiger partial charge >= 0.3 is 12.4 Å². The molecule has 4 N–H and O–H groups in total. The molecule has 0 saturated heterocycles. The van der Waals surface area contributed by atoms with Gasteiger partial charge in [-0.2, -0.15) is 26.3 Å². The van der Waals surface area contributed by atoms with Crippen LogP contribution in [0.15, 0.2) is 89.4 Å². The number of halogens is 9. The Morgan fingerprint density at radius 2 is 1.09 bits per heavy atom. The lowest BCUT2D eigenvalue weighted by Gasteiger charge is -2.10. The second kappa shape index (κ2) is 18.5. The standard InChI is InChI=1S/C8H7BrF3N.C8H7ClF3N.C8H11N.C7H8ClN/c1-13-7-3-5(8(10,11)12)2-6(9)4-7;1-13-5-2-3-7(9)6(4-5)8(10,11)12;1-7-4-3-5-8(6-7)9-2;1-9-7-4-2-6(8)3-5-7/h2*2-4,13H,1H3;3-6,9H,1-2H3;2-5,9H,1H3. The van der Waals surface area contributed by atoms with Crippen LogP contribution < -0.4 is 21.3 Å². The topological polar surface area (TPSA) is 48.1 Å². The number of hydrogen-bond acceptors (Lipinski definition) is 4. The molecule has 13 heteroatoms. The van der Waals surface area contributed by atoms with Crippen LogP contribution in [-0.4, -0.2) is 28.2 Å². The molecule has 0 aliphatic carbocycles. The van der Waals surface area contributed by atoms with Crippen molar-refractivity contribution in [1.82, 2.24) is 0 Å². The van der Waals surface area contributed by atoms with Gasteiger partial charge in [0.2, 0.25) is 0 Å². The molecule has 4 aromatic rings. The second-order valence-electron chi connectivity index (χ2n) is 8.80. The summed E-state index contributed by atoms with van der Waals surface area (Å²) in [5.41, 5.74) is 2.89. The normalized spacial score (nSPS) is 10.5. The molecule has 0 aromatic heterocycles. The van der Waals surface area contributed by atoms with Crippen LogP contribution in [0.4, 0.5) is 49.1 Å². The summed E-state index contributed by atoms with van der Waals surface area (Å²) in [5.74, 6) is 0. The zero-order valence-electron chi connectivity index (χ0n) is 24.5. The van der Waals surface area contributed by atoms with Crippen LogP contribution in [-0.2, 0) is 12.4 Å². The molecular formula is C31H33BrCl2F6N4. The number of hydrogen-bond donors (Lipinski definition) is 4. The molecule has 0 aliphatic heterocycles. The van der Waals surface area contributed by atoms with Crippen molar-refractivity contribution in [3.63, 3.8) is 0 Å². The van der Waals surface area contributed by atoms with Gasteiger partial charge in [-0.25, -0.2) is 0 Å². The van der Waals surface area contributed by atoms with E-state index >= 15 is 0 Å². The molecule has 0 aliphatic rings. The first kappa shape index (κ1) is 38.7. The highest BCUT2D eigenvalue weighted by molar-refractivity contribution is 9.10. The summed E-state index contributed by atoms with van der Waals surface area (Å²) in [7, 11) is 6.92. The summed E-state index contributed by atoms with van der Waals surface area (Å²) in [4.78, 5) is 0. The van der Waals surface area contributed by atoms with Crippen LogP contribution in [0.5, 0.6) is 0 Å². The molecule has 0 saturated carbocycles. The smallest absolute Gasteiger partial charge is 0.388 e. The fourth-order valence-corrected chi connectivity index (χ4v) is 4.06. The molecular weight excluding hydrogens is 693 g/mol. The Hall–Kier alpha value is -3.28. The molecule has 4 aromatic carbocycles. The minimum Gasteiger partial charge on any atom is -0.388 e. The third-order valence-corrected chi connectivity index (χ3v) is 6.55. The predicted octanol–water partition coefficient (Wildman–Crippen LogP) is 11.3. The number of anilines is 4. The van der Waals surface area contributed by atoms with Gasteiger partial charge in [0.05, 0.1) is 16.1 Å². The molecule has 0 spiro atoms. The Morgan fingerprint density at radius 3 is 1.55 bits per heavy atom. The highest BCUT2D eigenvalue weighted by Crippen LogP contribution is 2.36. The zero-order chi connectivity index (χ0) is 33.5. The monoisotopic (exact) mass is 724 g/mol. The summed E-state index contributed by atoms with van der Waals surface area (Å²) < 4.78 is 73.9. The zero-order valence-corrected chi connectivity index (χ0v) is 27.6. The molecule has 0 bridgehead atoms. The van der Waals surface area contributed by atoms with Gasteiger partial charge in [0.1, 0.15) is 0 Å². The molecule has 4 rings (SSSR count). The Morgan fingerprint density at radius 1 is 0.568 bits per heavy atom. The van der Waals surface area contributed by atoms with Crippen molar-refractivity contribution in [2.45, 2.75) is 19.3 Å². The summed E-state index contributed by atoms with van der Waals surface area (Å²) in [6, 6.07) is 23.2. The van der Waals surface area contributed by atoms with Crippen LogP contribution in [0.2, 0.25) is 10.0 Å². The fraction of sp³-hybridized carbons (Fsp3) is 0.226. The third-order valence-electron chi connectivity index (χ3n) is 5.51. The molecule has 0 amide bonds. The van der Waals surface area contributed by atoms with E-state index in [4.69, 9.17) is 23.2 Å². The molecule has 0 heterocycles. The number of benzene rings is 4. The van der Waals surface area contributed by atoms with Gasteiger partial charge < -0.3 is 21.3 Å². The Labute approximate surface area is 272 Å². The number of alkyl halides is 6. The van der Waals surface area contributed by atoms with E-state index in [-0.39, 0.29) is 5.02 Å². The Kier molecular flexibility index (Phi) is 16.3. The Balaban J connectivity index is 0.000000298. The van der Waals surface area contributed by atoms with Crippen LogP contribution in [0, 0.1) is 6.92 Å². The van der Waals surface area contributed by atoms with Gasteiger partial charge in [0, 0.05) is 60.4 Å². The highest BCUT2D eigenvalue weighted by Gasteiger charge is 2.33. The highest BCUT2D eigenvalue weighted by atomic mass is 79.9. The quantitative estimate of drug-likeness (QED) is 0.158. The lowest BCUT2D eigenvalue weighted by Crippen LogP contribution is -2.06. The maximum atomic E-state index is 12.3. The van der Waals surface area contributed by atoms with Gasteiger partial charge in [-0.1, -0.05) is 51.3 Å². The molecule has 4 nitrogen and oxygen atoms in total. The number of nitrogens with one attached hydrogen (secondary N) is 4. The number of aryl methyl sites for hydroxylation is 1. The Bertz CT molecular complexity index is 1430. The SMILES string of the molecule is CNc1cc(Br)cc(C(F)(F)F)c1.CNc1ccc(Cl)c(C(F)(F)F)c1.CNc1ccc(Cl)cc1.CNc1cccc(C)c1. The summed E-state index contributed by atoms with van der Waals surface area (Å²) in [6.45, 7) is 2.08. The number of rotatable bonds is 4. The third kappa shape index (κ3) is 14.5. The van der Waals surface area contributed by atoms with Gasteiger partial charge in [-0.15, -0.1) is 0 Å². The van der Waals surface area contributed by atoms with E-state index in [9.17, 15) is 26.3 Å². The van der Waals surface area contributed by atoms with Crippen molar-refractivity contribution < 1.29 is 26.3 Å². The lowest BCUT2D eigenvalue weighted by atomic mass is 10.2. The molecule has 44 heavy (non-hydrogen) atoms. The van der Waals surface area contributed by atoms with E-state index in [0.29, 0.717) is 15.8 Å². The van der Waals surface area contributed by atoms with Crippen molar-refractivity contribution in [3.8, 4) is 0 Å². The second-order valence-corrected chi connectivity index (χ2v) is 10.6. The van der Waals surface area contributed by atoms with Crippen molar-refractivity contribution in [3.05, 3.63) is 116 Å². The van der Waals surface area contributed by atoms with E-state index in [1.54, 1.807) is 20.2 Å². The first-order valence-electron chi connectivity index (χ1n) is 12.8. The van der Waals surface area contributed by atoms with Crippen molar-refractivity contribution in [2.75, 3.05) is 49.5 Å². The van der Waals surface area contributed by atoms with Crippen LogP contribution in [0.25, 0.3) is 0 Å². The maximum Gasteiger partial charge on any atom is 0.417 e. The van der Waals surface area contributed by atoms with Crippen molar-refractivity contribution >= 4 is 61.9 Å². The van der Waals surface area contributed by atoms with Gasteiger partial charge in [0.15, 0.2) is 0 Å². The van der Waals surface area contributed by atoms with E-state index in [1.165, 1.54) is 23.4 Å². The largest absolute Gasteiger partial charge is 0.417 e. The summed E-state index contributed by atoms with van der Waals surface area (Å²) in [5, 5.41) is 11.8. The van der Waals surface area contributed by atoms with Crippen LogP contribution >= 0.6 is 39.1 Å². The van der Waals surface area contributed by atoms with E-state index in [0.717, 1.165) is 28.9 Å². The molecule has 0 unspecified atom stereocenters. The molecule has 0 atom stereocenters. The van der Waals surface area contributed by atoms with Gasteiger partial charge in [-0.05, 0) is 85.3 Å². The minimum absolute atomic E-state index is 0.286. The summed E-state index contributed by atoms with van der Waals surface area (Å²) >= 11 is 14.0. The molecule has 0 fully saturated rings. The van der Waals surface area contributed by atoms with E-state index in [2.05, 4.69) is 56.3 Å². The van der Waals surface area contributed by atoms with Gasteiger partial charge in [0.25, 0.3) is 0 Å². The predicted molar refractivity (Wildman–Crippen MR) is 176 cm³/mol. The van der Waals surface area contributed by atoms with Crippen LogP contribution in [0.1, 0.15) is 16.7 Å². The first-order valence-corrected chi connectivity index (χ1v) is 14.4. The van der Waals surface area contributed by atoms with E-state index < -0.39 is 23.5 Å². The van der Waals surface area contributed by atoms with Gasteiger partial charge in [-0.3, -0.25) is 0 Å². The lowest BCUT2D eigenvalue weighted by molar-refractivity contribution is -0.138. The van der Waals surface area contributed by atoms with Crippen molar-refractivity contribution in [2.24, 2.45) is 0 Å². The average molecular weight is 726 g/mol.